The Bertz CT molecular complexity index is 986. The average Bonchev–Trinajstić information content (AvgIpc) is 2.48. The molecule has 0 aliphatic carbocycles. The van der Waals surface area contributed by atoms with Crippen molar-refractivity contribution in [3.05, 3.63) is 56.2 Å². The Morgan fingerprint density at radius 1 is 1.05 bits per heavy atom. The number of methoxy groups -OCH3 is 1. The summed E-state index contributed by atoms with van der Waals surface area (Å²) in [7, 11) is 1.62. The van der Waals surface area contributed by atoms with Gasteiger partial charge in [-0.3, -0.25) is 9.78 Å². The molecular weight excluding hydrogens is 282 g/mol. The van der Waals surface area contributed by atoms with Crippen molar-refractivity contribution in [3.63, 3.8) is 0 Å². The summed E-state index contributed by atoms with van der Waals surface area (Å²) in [4.78, 5) is 32.5. The van der Waals surface area contributed by atoms with Crippen LogP contribution in [0.5, 0.6) is 5.75 Å². The van der Waals surface area contributed by atoms with Crippen molar-refractivity contribution in [2.75, 3.05) is 7.11 Å². The molecule has 0 amide bonds. The molecule has 0 radical (unpaired) electrons. The van der Waals surface area contributed by atoms with Gasteiger partial charge in [-0.15, -0.1) is 0 Å². The number of aromatic nitrogens is 3. The fourth-order valence-electron chi connectivity index (χ4n) is 2.49. The Morgan fingerprint density at radius 3 is 2.50 bits per heavy atom. The highest BCUT2D eigenvalue weighted by molar-refractivity contribution is 5.80. The molecule has 0 bridgehead atoms. The molecule has 2 N–H and O–H groups in total. The topological polar surface area (TPSA) is 87.8 Å². The van der Waals surface area contributed by atoms with Crippen LogP contribution in [0.25, 0.3) is 22.3 Å². The van der Waals surface area contributed by atoms with Crippen molar-refractivity contribution in [2.24, 2.45) is 0 Å². The Balaban J connectivity index is 2.26. The highest BCUT2D eigenvalue weighted by atomic mass is 16.5. The molecule has 3 aromatic rings. The normalized spacial score (nSPS) is 10.9. The average molecular weight is 297 g/mol. The van der Waals surface area contributed by atoms with E-state index in [-0.39, 0.29) is 5.52 Å². The zero-order valence-electron chi connectivity index (χ0n) is 12.5. The van der Waals surface area contributed by atoms with Gasteiger partial charge in [0.2, 0.25) is 0 Å². The Morgan fingerprint density at radius 2 is 1.82 bits per heavy atom. The smallest absolute Gasteiger partial charge is 0.326 e. The van der Waals surface area contributed by atoms with Gasteiger partial charge in [0.25, 0.3) is 5.56 Å². The largest absolute Gasteiger partial charge is 0.496 e. The zero-order chi connectivity index (χ0) is 15.9. The minimum Gasteiger partial charge on any atom is -0.496 e. The number of nitrogens with zero attached hydrogens (tertiary/aromatic N) is 1. The van der Waals surface area contributed by atoms with Crippen LogP contribution in [-0.4, -0.2) is 22.1 Å². The molecule has 0 spiro atoms. The van der Waals surface area contributed by atoms with Crippen LogP contribution in [0.15, 0.2) is 33.9 Å². The molecular formula is C16H15N3O3. The van der Waals surface area contributed by atoms with E-state index >= 15 is 0 Å². The second-order valence-electron chi connectivity index (χ2n) is 5.14. The SMILES string of the molecule is COc1ccc(-c2cc(C)c3[nH]c(=O)[nH]c(=O)c3n2)cc1C. The van der Waals surface area contributed by atoms with Crippen LogP contribution in [0.1, 0.15) is 11.1 Å². The van der Waals surface area contributed by atoms with E-state index in [9.17, 15) is 9.59 Å². The van der Waals surface area contributed by atoms with Gasteiger partial charge in [-0.2, -0.15) is 0 Å². The van der Waals surface area contributed by atoms with Crippen molar-refractivity contribution < 1.29 is 4.74 Å². The van der Waals surface area contributed by atoms with Crippen molar-refractivity contribution in [1.82, 2.24) is 15.0 Å². The number of aryl methyl sites for hydroxylation is 2. The monoisotopic (exact) mass is 297 g/mol. The third-order valence-corrected chi connectivity index (χ3v) is 3.59. The van der Waals surface area contributed by atoms with Crippen LogP contribution < -0.4 is 16.0 Å². The number of nitrogens with one attached hydrogen (secondary N) is 2. The number of H-pyrrole nitrogens is 2. The molecule has 1 aromatic carbocycles. The minimum absolute atomic E-state index is 0.225. The molecule has 6 heteroatoms. The molecule has 6 nitrogen and oxygen atoms in total. The summed E-state index contributed by atoms with van der Waals surface area (Å²) in [6, 6.07) is 7.55. The Kier molecular flexibility index (Phi) is 3.29. The molecule has 3 rings (SSSR count). The quantitative estimate of drug-likeness (QED) is 0.756. The van der Waals surface area contributed by atoms with E-state index in [1.165, 1.54) is 0 Å². The molecule has 0 saturated heterocycles. The maximum atomic E-state index is 11.9. The van der Waals surface area contributed by atoms with Gasteiger partial charge in [0.1, 0.15) is 5.75 Å². The number of hydrogen-bond donors (Lipinski definition) is 2. The Labute approximate surface area is 125 Å². The van der Waals surface area contributed by atoms with E-state index < -0.39 is 11.2 Å². The van der Waals surface area contributed by atoms with Gasteiger partial charge in [0.05, 0.1) is 18.3 Å². The first-order chi connectivity index (χ1) is 10.5. The van der Waals surface area contributed by atoms with Crippen molar-refractivity contribution in [2.45, 2.75) is 13.8 Å². The van der Waals surface area contributed by atoms with E-state index in [1.807, 2.05) is 38.1 Å². The number of rotatable bonds is 2. The summed E-state index contributed by atoms with van der Waals surface area (Å²) in [5, 5.41) is 0. The maximum Gasteiger partial charge on any atom is 0.326 e. The summed E-state index contributed by atoms with van der Waals surface area (Å²) in [5.41, 5.74) is 2.99. The molecule has 0 aliphatic heterocycles. The lowest BCUT2D eigenvalue weighted by atomic mass is 10.1. The first-order valence-corrected chi connectivity index (χ1v) is 6.78. The van der Waals surface area contributed by atoms with Gasteiger partial charge in [-0.05, 0) is 49.2 Å². The van der Waals surface area contributed by atoms with Gasteiger partial charge in [0, 0.05) is 5.56 Å². The third kappa shape index (κ3) is 2.28. The zero-order valence-corrected chi connectivity index (χ0v) is 12.5. The molecule has 2 aromatic heterocycles. The fourth-order valence-corrected chi connectivity index (χ4v) is 2.49. The van der Waals surface area contributed by atoms with Gasteiger partial charge < -0.3 is 9.72 Å². The van der Waals surface area contributed by atoms with E-state index in [0.717, 1.165) is 22.4 Å². The number of pyridine rings is 1. The van der Waals surface area contributed by atoms with E-state index in [2.05, 4.69) is 15.0 Å². The molecule has 2 heterocycles. The molecule has 0 fully saturated rings. The van der Waals surface area contributed by atoms with Crippen LogP contribution in [0.4, 0.5) is 0 Å². The summed E-state index contributed by atoms with van der Waals surface area (Å²) >= 11 is 0. The first-order valence-electron chi connectivity index (χ1n) is 6.78. The van der Waals surface area contributed by atoms with Gasteiger partial charge >= 0.3 is 5.69 Å². The minimum atomic E-state index is -0.532. The number of aromatic amines is 2. The van der Waals surface area contributed by atoms with Crippen molar-refractivity contribution in [3.8, 4) is 17.0 Å². The second-order valence-corrected chi connectivity index (χ2v) is 5.14. The Hall–Kier alpha value is -2.89. The molecule has 0 atom stereocenters. The number of fused-ring (bicyclic) bond motifs is 1. The van der Waals surface area contributed by atoms with Crippen molar-refractivity contribution in [1.29, 1.82) is 0 Å². The number of benzene rings is 1. The van der Waals surface area contributed by atoms with Crippen LogP contribution in [0.2, 0.25) is 0 Å². The summed E-state index contributed by atoms with van der Waals surface area (Å²) in [5.74, 6) is 0.795. The molecule has 22 heavy (non-hydrogen) atoms. The maximum absolute atomic E-state index is 11.9. The third-order valence-electron chi connectivity index (χ3n) is 3.59. The molecule has 0 aliphatic rings. The van der Waals surface area contributed by atoms with Gasteiger partial charge in [0.15, 0.2) is 5.52 Å². The van der Waals surface area contributed by atoms with Crippen LogP contribution >= 0.6 is 0 Å². The summed E-state index contributed by atoms with van der Waals surface area (Å²) in [6.07, 6.45) is 0. The first kappa shape index (κ1) is 14.1. The summed E-state index contributed by atoms with van der Waals surface area (Å²) < 4.78 is 5.25. The predicted octanol–water partition coefficient (Wildman–Crippen LogP) is 1.90. The summed E-state index contributed by atoms with van der Waals surface area (Å²) in [6.45, 7) is 3.78. The predicted molar refractivity (Wildman–Crippen MR) is 84.4 cm³/mol. The van der Waals surface area contributed by atoms with Crippen LogP contribution in [0.3, 0.4) is 0 Å². The lowest BCUT2D eigenvalue weighted by molar-refractivity contribution is 0.412. The van der Waals surface area contributed by atoms with Gasteiger partial charge in [-0.25, -0.2) is 9.78 Å². The van der Waals surface area contributed by atoms with Crippen LogP contribution in [0, 0.1) is 13.8 Å². The molecule has 112 valence electrons. The highest BCUT2D eigenvalue weighted by Gasteiger charge is 2.10. The van der Waals surface area contributed by atoms with E-state index in [1.54, 1.807) is 7.11 Å². The molecule has 0 unspecified atom stereocenters. The highest BCUT2D eigenvalue weighted by Crippen LogP contribution is 2.26. The standard InChI is InChI=1S/C16H15N3O3/c1-8-6-10(4-5-12(8)22-3)11-7-9(2)13-14(17-11)15(20)19-16(21)18-13/h4-7H,1-3H3,(H2,18,19,20,21). The second kappa shape index (κ2) is 5.14. The van der Waals surface area contributed by atoms with Gasteiger partial charge in [-0.1, -0.05) is 0 Å². The fraction of sp³-hybridized carbons (Fsp3) is 0.188. The lowest BCUT2D eigenvalue weighted by Gasteiger charge is -2.09. The molecule has 0 saturated carbocycles. The van der Waals surface area contributed by atoms with E-state index in [0.29, 0.717) is 11.2 Å². The van der Waals surface area contributed by atoms with Crippen LogP contribution in [-0.2, 0) is 0 Å². The van der Waals surface area contributed by atoms with E-state index in [4.69, 9.17) is 4.74 Å². The number of hydrogen-bond acceptors (Lipinski definition) is 4. The van der Waals surface area contributed by atoms with Crippen molar-refractivity contribution >= 4 is 11.0 Å². The number of ether oxygens (including phenoxy) is 1. The lowest BCUT2D eigenvalue weighted by Crippen LogP contribution is -2.23.